The van der Waals surface area contributed by atoms with Gasteiger partial charge in [0.25, 0.3) is 5.91 Å². The van der Waals surface area contributed by atoms with Crippen LogP contribution in [-0.2, 0) is 16.6 Å². The molecule has 3 rings (SSSR count). The molecule has 1 aliphatic rings. The summed E-state index contributed by atoms with van der Waals surface area (Å²) in [6, 6.07) is 8.27. The molecule has 1 amide bonds. The van der Waals surface area contributed by atoms with E-state index >= 15 is 0 Å². The van der Waals surface area contributed by atoms with Crippen LogP contribution in [0.15, 0.2) is 52.5 Å². The summed E-state index contributed by atoms with van der Waals surface area (Å²) >= 11 is 1.45. The lowest BCUT2D eigenvalue weighted by Gasteiger charge is -2.27. The third kappa shape index (κ3) is 4.88. The zero-order valence-electron chi connectivity index (χ0n) is 15.2. The minimum Gasteiger partial charge on any atom is -0.339 e. The van der Waals surface area contributed by atoms with Crippen molar-refractivity contribution >= 4 is 27.7 Å². The van der Waals surface area contributed by atoms with Crippen molar-refractivity contribution in [2.45, 2.75) is 35.6 Å². The van der Waals surface area contributed by atoms with Crippen molar-refractivity contribution in [2.24, 2.45) is 0 Å². The molecule has 1 saturated heterocycles. The summed E-state index contributed by atoms with van der Waals surface area (Å²) in [6.45, 7) is 1.62. The topological polar surface area (TPSA) is 79.4 Å². The Balaban J connectivity index is 1.84. The number of likely N-dealkylation sites (tertiary alicyclic amines) is 1. The van der Waals surface area contributed by atoms with Crippen molar-refractivity contribution in [1.82, 2.24) is 14.6 Å². The zero-order valence-corrected chi connectivity index (χ0v) is 16.9. The number of pyridine rings is 1. The molecule has 1 aromatic carbocycles. The molecule has 0 aliphatic carbocycles. The Kier molecular flexibility index (Phi) is 6.51. The lowest BCUT2D eigenvalue weighted by Crippen LogP contribution is -2.36. The zero-order chi connectivity index (χ0) is 19.3. The number of hydrogen-bond donors (Lipinski definition) is 1. The van der Waals surface area contributed by atoms with E-state index in [0.29, 0.717) is 5.56 Å². The number of aromatic nitrogens is 1. The van der Waals surface area contributed by atoms with Crippen LogP contribution in [0, 0.1) is 0 Å². The second kappa shape index (κ2) is 8.86. The molecule has 0 atom stereocenters. The predicted molar refractivity (Wildman–Crippen MR) is 106 cm³/mol. The number of hydrogen-bond acceptors (Lipinski definition) is 5. The summed E-state index contributed by atoms with van der Waals surface area (Å²) < 4.78 is 28.0. The maximum absolute atomic E-state index is 12.9. The number of benzene rings is 1. The van der Waals surface area contributed by atoms with E-state index in [1.165, 1.54) is 17.8 Å². The van der Waals surface area contributed by atoms with Crippen LogP contribution in [0.2, 0.25) is 0 Å². The highest BCUT2D eigenvalue weighted by Crippen LogP contribution is 2.26. The average Bonchev–Trinajstić information content (AvgIpc) is 2.72. The van der Waals surface area contributed by atoms with Gasteiger partial charge in [-0.25, -0.2) is 13.1 Å². The number of amides is 1. The van der Waals surface area contributed by atoms with E-state index in [9.17, 15) is 13.2 Å². The van der Waals surface area contributed by atoms with E-state index in [4.69, 9.17) is 0 Å². The second-order valence-corrected chi connectivity index (χ2v) is 9.01. The van der Waals surface area contributed by atoms with Gasteiger partial charge in [0.15, 0.2) is 0 Å². The van der Waals surface area contributed by atoms with Crippen molar-refractivity contribution in [1.29, 1.82) is 0 Å². The third-order valence-corrected chi connectivity index (χ3v) is 6.77. The number of piperidine rings is 1. The van der Waals surface area contributed by atoms with Crippen LogP contribution >= 0.6 is 11.8 Å². The Morgan fingerprint density at radius 1 is 1.15 bits per heavy atom. The van der Waals surface area contributed by atoms with Crippen LogP contribution in [0.5, 0.6) is 0 Å². The number of nitrogens with one attached hydrogen (secondary N) is 1. The van der Waals surface area contributed by atoms with E-state index in [2.05, 4.69) is 9.71 Å². The maximum Gasteiger partial charge on any atom is 0.255 e. The highest BCUT2D eigenvalue weighted by atomic mass is 32.2. The fourth-order valence-electron chi connectivity index (χ4n) is 3.05. The molecule has 27 heavy (non-hydrogen) atoms. The Morgan fingerprint density at radius 3 is 2.52 bits per heavy atom. The molecule has 0 unspecified atom stereocenters. The number of rotatable bonds is 6. The average molecular weight is 406 g/mol. The minimum atomic E-state index is -3.72. The molecule has 0 saturated carbocycles. The fourth-order valence-corrected chi connectivity index (χ4v) is 4.66. The van der Waals surface area contributed by atoms with Gasteiger partial charge in [0.05, 0.1) is 10.5 Å². The van der Waals surface area contributed by atoms with Gasteiger partial charge in [-0.05, 0) is 61.4 Å². The summed E-state index contributed by atoms with van der Waals surface area (Å²) in [5.41, 5.74) is 1.27. The van der Waals surface area contributed by atoms with Crippen molar-refractivity contribution in [3.8, 4) is 0 Å². The van der Waals surface area contributed by atoms with E-state index in [1.54, 1.807) is 36.7 Å². The normalized spacial score (nSPS) is 14.9. The van der Waals surface area contributed by atoms with Crippen LogP contribution in [0.25, 0.3) is 0 Å². The van der Waals surface area contributed by atoms with E-state index in [1.807, 2.05) is 11.2 Å². The fraction of sp³-hybridized carbons (Fsp3) is 0.368. The first-order valence-electron chi connectivity index (χ1n) is 8.87. The van der Waals surface area contributed by atoms with Gasteiger partial charge in [-0.2, -0.15) is 0 Å². The Morgan fingerprint density at radius 2 is 1.85 bits per heavy atom. The SMILES string of the molecule is CSc1ccc(S(=O)(=O)NCc2ccncc2)cc1C(=O)N1CCCCC1. The van der Waals surface area contributed by atoms with Gasteiger partial charge in [0, 0.05) is 36.9 Å². The first-order valence-corrected chi connectivity index (χ1v) is 11.6. The van der Waals surface area contributed by atoms with E-state index < -0.39 is 10.0 Å². The van der Waals surface area contributed by atoms with Crippen LogP contribution in [-0.4, -0.2) is 43.6 Å². The van der Waals surface area contributed by atoms with Crippen molar-refractivity contribution in [3.63, 3.8) is 0 Å². The standard InChI is InChI=1S/C19H23N3O3S2/c1-26-18-6-5-16(13-17(18)19(23)22-11-3-2-4-12-22)27(24,25)21-14-15-7-9-20-10-8-15/h5-10,13,21H,2-4,11-12,14H2,1H3. The van der Waals surface area contributed by atoms with Crippen molar-refractivity contribution in [2.75, 3.05) is 19.3 Å². The number of sulfonamides is 1. The first-order chi connectivity index (χ1) is 13.0. The lowest BCUT2D eigenvalue weighted by molar-refractivity contribution is 0.0720. The molecule has 0 spiro atoms. The molecule has 1 N–H and O–H groups in total. The molecule has 8 heteroatoms. The van der Waals surface area contributed by atoms with Crippen LogP contribution in [0.1, 0.15) is 35.2 Å². The van der Waals surface area contributed by atoms with Crippen LogP contribution in [0.3, 0.4) is 0 Å². The van der Waals surface area contributed by atoms with Gasteiger partial charge >= 0.3 is 0 Å². The summed E-state index contributed by atoms with van der Waals surface area (Å²) in [6.07, 6.45) is 8.24. The smallest absolute Gasteiger partial charge is 0.255 e. The second-order valence-electron chi connectivity index (χ2n) is 6.39. The number of thioether (sulfide) groups is 1. The monoisotopic (exact) mass is 405 g/mol. The summed E-state index contributed by atoms with van der Waals surface area (Å²) in [5, 5.41) is 0. The molecular formula is C19H23N3O3S2. The quantitative estimate of drug-likeness (QED) is 0.748. The largest absolute Gasteiger partial charge is 0.339 e. The molecule has 0 bridgehead atoms. The number of nitrogens with zero attached hydrogens (tertiary/aromatic N) is 2. The molecule has 1 fully saturated rings. The summed E-state index contributed by atoms with van der Waals surface area (Å²) in [4.78, 5) is 19.6. The molecule has 2 heterocycles. The van der Waals surface area contributed by atoms with Crippen LogP contribution < -0.4 is 4.72 Å². The third-order valence-electron chi connectivity index (χ3n) is 4.57. The molecule has 1 aromatic heterocycles. The highest BCUT2D eigenvalue weighted by Gasteiger charge is 2.23. The van der Waals surface area contributed by atoms with Gasteiger partial charge < -0.3 is 4.90 Å². The molecule has 2 aromatic rings. The lowest BCUT2D eigenvalue weighted by atomic mass is 10.1. The number of carbonyl (C=O) groups is 1. The van der Waals surface area contributed by atoms with Gasteiger partial charge in [-0.3, -0.25) is 9.78 Å². The minimum absolute atomic E-state index is 0.0924. The molecule has 0 radical (unpaired) electrons. The first kappa shape index (κ1) is 19.9. The van der Waals surface area contributed by atoms with Crippen LogP contribution in [0.4, 0.5) is 0 Å². The van der Waals surface area contributed by atoms with E-state index in [-0.39, 0.29) is 17.3 Å². The highest BCUT2D eigenvalue weighted by molar-refractivity contribution is 7.98. The Labute approximate surface area is 164 Å². The summed E-state index contributed by atoms with van der Waals surface area (Å²) in [5.74, 6) is -0.0924. The molecule has 144 valence electrons. The van der Waals surface area contributed by atoms with Crippen molar-refractivity contribution in [3.05, 3.63) is 53.9 Å². The van der Waals surface area contributed by atoms with Gasteiger partial charge in [0.2, 0.25) is 10.0 Å². The van der Waals surface area contributed by atoms with Crippen molar-refractivity contribution < 1.29 is 13.2 Å². The summed E-state index contributed by atoms with van der Waals surface area (Å²) in [7, 11) is -3.72. The number of carbonyl (C=O) groups excluding carboxylic acids is 1. The van der Waals surface area contributed by atoms with Gasteiger partial charge in [0.1, 0.15) is 0 Å². The van der Waals surface area contributed by atoms with Gasteiger partial charge in [-0.15, -0.1) is 11.8 Å². The Hall–Kier alpha value is -1.90. The molecule has 1 aliphatic heterocycles. The van der Waals surface area contributed by atoms with E-state index in [0.717, 1.165) is 42.8 Å². The molecular weight excluding hydrogens is 382 g/mol. The van der Waals surface area contributed by atoms with Gasteiger partial charge in [-0.1, -0.05) is 0 Å². The molecule has 6 nitrogen and oxygen atoms in total. The maximum atomic E-state index is 12.9. The predicted octanol–water partition coefficient (Wildman–Crippen LogP) is 2.91. The Bertz CT molecular complexity index is 896.